The second kappa shape index (κ2) is 7.39. The molecule has 2 aromatic heterocycles. The van der Waals surface area contributed by atoms with Crippen LogP contribution in [0.2, 0.25) is 0 Å². The fourth-order valence-corrected chi connectivity index (χ4v) is 2.69. The molecule has 0 saturated heterocycles. The molecule has 6 heteroatoms. The zero-order valence-electron chi connectivity index (χ0n) is 14.6. The normalized spacial score (nSPS) is 13.3. The second-order valence-electron chi connectivity index (χ2n) is 6.26. The van der Waals surface area contributed by atoms with Crippen molar-refractivity contribution < 1.29 is 4.74 Å². The van der Waals surface area contributed by atoms with Gasteiger partial charge in [0.2, 0.25) is 5.95 Å². The van der Waals surface area contributed by atoms with Crippen LogP contribution in [-0.2, 0) is 6.54 Å². The molecule has 0 bridgehead atoms. The van der Waals surface area contributed by atoms with Gasteiger partial charge in [-0.1, -0.05) is 24.3 Å². The molecule has 0 spiro atoms. The molecule has 1 aliphatic rings. The Hall–Kier alpha value is -3.15. The second-order valence-corrected chi connectivity index (χ2v) is 6.26. The van der Waals surface area contributed by atoms with Gasteiger partial charge in [0.05, 0.1) is 18.5 Å². The molecular formula is C20H21N5O. The molecule has 132 valence electrons. The lowest BCUT2D eigenvalue weighted by Gasteiger charge is -2.12. The van der Waals surface area contributed by atoms with E-state index in [-0.39, 0.29) is 0 Å². The number of aromatic nitrogens is 3. The van der Waals surface area contributed by atoms with Crippen molar-refractivity contribution >= 4 is 11.8 Å². The summed E-state index contributed by atoms with van der Waals surface area (Å²) in [5, 5.41) is 6.75. The Morgan fingerprint density at radius 3 is 2.65 bits per heavy atom. The maximum absolute atomic E-state index is 5.42. The van der Waals surface area contributed by atoms with Crippen LogP contribution >= 0.6 is 0 Å². The van der Waals surface area contributed by atoms with Crippen molar-refractivity contribution in [1.29, 1.82) is 0 Å². The number of para-hydroxylation sites is 1. The number of methoxy groups -OCH3 is 1. The van der Waals surface area contributed by atoms with Gasteiger partial charge in [0.15, 0.2) is 0 Å². The third-order valence-corrected chi connectivity index (χ3v) is 4.22. The molecule has 0 amide bonds. The minimum atomic E-state index is 0.482. The molecular weight excluding hydrogens is 326 g/mol. The summed E-state index contributed by atoms with van der Waals surface area (Å²) < 4.78 is 5.42. The Kier molecular flexibility index (Phi) is 4.64. The predicted octanol–water partition coefficient (Wildman–Crippen LogP) is 3.73. The van der Waals surface area contributed by atoms with Crippen LogP contribution in [0.15, 0.2) is 54.7 Å². The first-order valence-corrected chi connectivity index (χ1v) is 8.74. The van der Waals surface area contributed by atoms with Gasteiger partial charge in [-0.25, -0.2) is 4.98 Å². The number of pyridine rings is 1. The van der Waals surface area contributed by atoms with Gasteiger partial charge in [-0.15, -0.1) is 0 Å². The van der Waals surface area contributed by atoms with Gasteiger partial charge < -0.3 is 15.4 Å². The standard InChI is InChI=1S/C20H21N5O/c1-26-18-8-3-2-6-14(18)13-22-19-12-17(16-7-4-5-11-21-16)24-20(25-19)23-15-9-10-15/h2-8,11-12,15H,9-10,13H2,1H3,(H2,22,23,24,25). The summed E-state index contributed by atoms with van der Waals surface area (Å²) >= 11 is 0. The van der Waals surface area contributed by atoms with E-state index in [2.05, 4.69) is 25.6 Å². The first-order chi connectivity index (χ1) is 12.8. The predicted molar refractivity (Wildman–Crippen MR) is 102 cm³/mol. The minimum Gasteiger partial charge on any atom is -0.496 e. The fourth-order valence-electron chi connectivity index (χ4n) is 2.69. The number of nitrogens with one attached hydrogen (secondary N) is 2. The summed E-state index contributed by atoms with van der Waals surface area (Å²) in [6.07, 6.45) is 4.11. The molecule has 2 N–H and O–H groups in total. The summed E-state index contributed by atoms with van der Waals surface area (Å²) in [6.45, 7) is 0.617. The smallest absolute Gasteiger partial charge is 0.225 e. The molecule has 1 saturated carbocycles. The topological polar surface area (TPSA) is 72.0 Å². The Bertz CT molecular complexity index is 880. The van der Waals surface area contributed by atoms with E-state index in [0.717, 1.165) is 28.5 Å². The van der Waals surface area contributed by atoms with E-state index >= 15 is 0 Å². The highest BCUT2D eigenvalue weighted by molar-refractivity contribution is 5.61. The van der Waals surface area contributed by atoms with E-state index in [4.69, 9.17) is 4.74 Å². The SMILES string of the molecule is COc1ccccc1CNc1cc(-c2ccccn2)nc(NC2CC2)n1. The van der Waals surface area contributed by atoms with Crippen LogP contribution in [0.5, 0.6) is 5.75 Å². The summed E-state index contributed by atoms with van der Waals surface area (Å²) in [4.78, 5) is 13.6. The van der Waals surface area contributed by atoms with Gasteiger partial charge in [0.25, 0.3) is 0 Å². The van der Waals surface area contributed by atoms with Gasteiger partial charge in [-0.3, -0.25) is 4.98 Å². The summed E-state index contributed by atoms with van der Waals surface area (Å²) in [5.74, 6) is 2.25. The molecule has 2 heterocycles. The van der Waals surface area contributed by atoms with Crippen molar-refractivity contribution in [3.05, 3.63) is 60.3 Å². The zero-order valence-corrected chi connectivity index (χ0v) is 14.6. The Balaban J connectivity index is 1.59. The Morgan fingerprint density at radius 1 is 1.04 bits per heavy atom. The Labute approximate surface area is 152 Å². The molecule has 1 fully saturated rings. The number of nitrogens with zero attached hydrogens (tertiary/aromatic N) is 3. The van der Waals surface area contributed by atoms with Crippen molar-refractivity contribution in [1.82, 2.24) is 15.0 Å². The van der Waals surface area contributed by atoms with Gasteiger partial charge in [0, 0.05) is 30.4 Å². The fraction of sp³-hybridized carbons (Fsp3) is 0.250. The minimum absolute atomic E-state index is 0.482. The molecule has 1 aromatic carbocycles. The lowest BCUT2D eigenvalue weighted by molar-refractivity contribution is 0.410. The van der Waals surface area contributed by atoms with Crippen LogP contribution < -0.4 is 15.4 Å². The van der Waals surface area contributed by atoms with Crippen LogP contribution in [0, 0.1) is 0 Å². The number of hydrogen-bond acceptors (Lipinski definition) is 6. The van der Waals surface area contributed by atoms with Crippen molar-refractivity contribution in [2.45, 2.75) is 25.4 Å². The van der Waals surface area contributed by atoms with Crippen LogP contribution in [0.3, 0.4) is 0 Å². The molecule has 0 unspecified atom stereocenters. The number of benzene rings is 1. The van der Waals surface area contributed by atoms with Crippen LogP contribution in [0.4, 0.5) is 11.8 Å². The van der Waals surface area contributed by atoms with Gasteiger partial charge in [-0.05, 0) is 31.0 Å². The molecule has 1 aliphatic carbocycles. The third-order valence-electron chi connectivity index (χ3n) is 4.22. The van der Waals surface area contributed by atoms with Crippen LogP contribution in [0.25, 0.3) is 11.4 Å². The highest BCUT2D eigenvalue weighted by atomic mass is 16.5. The molecule has 26 heavy (non-hydrogen) atoms. The van der Waals surface area contributed by atoms with Crippen LogP contribution in [-0.4, -0.2) is 28.1 Å². The van der Waals surface area contributed by atoms with Crippen molar-refractivity contribution in [3.8, 4) is 17.1 Å². The molecule has 4 rings (SSSR count). The molecule has 0 radical (unpaired) electrons. The maximum atomic E-state index is 5.42. The van der Waals surface area contributed by atoms with E-state index in [1.807, 2.05) is 48.5 Å². The van der Waals surface area contributed by atoms with E-state index in [0.29, 0.717) is 18.5 Å². The van der Waals surface area contributed by atoms with Crippen molar-refractivity contribution in [2.24, 2.45) is 0 Å². The van der Waals surface area contributed by atoms with E-state index in [1.54, 1.807) is 13.3 Å². The molecule has 0 aliphatic heterocycles. The van der Waals surface area contributed by atoms with E-state index < -0.39 is 0 Å². The first kappa shape index (κ1) is 16.3. The van der Waals surface area contributed by atoms with Gasteiger partial charge >= 0.3 is 0 Å². The quantitative estimate of drug-likeness (QED) is 0.678. The summed E-state index contributed by atoms with van der Waals surface area (Å²) in [6, 6.07) is 16.2. The largest absolute Gasteiger partial charge is 0.496 e. The lowest BCUT2D eigenvalue weighted by atomic mass is 10.2. The highest BCUT2D eigenvalue weighted by Gasteiger charge is 2.22. The average molecular weight is 347 g/mol. The summed E-state index contributed by atoms with van der Waals surface area (Å²) in [5.41, 5.74) is 2.70. The highest BCUT2D eigenvalue weighted by Crippen LogP contribution is 2.26. The number of anilines is 2. The number of ether oxygens (including phenoxy) is 1. The molecule has 0 atom stereocenters. The lowest BCUT2D eigenvalue weighted by Crippen LogP contribution is -2.09. The molecule has 6 nitrogen and oxygen atoms in total. The van der Waals surface area contributed by atoms with Crippen molar-refractivity contribution in [2.75, 3.05) is 17.7 Å². The Morgan fingerprint density at radius 2 is 1.88 bits per heavy atom. The number of rotatable bonds is 7. The van der Waals surface area contributed by atoms with Gasteiger partial charge in [0.1, 0.15) is 11.6 Å². The maximum Gasteiger partial charge on any atom is 0.225 e. The molecule has 3 aromatic rings. The average Bonchev–Trinajstić information content (AvgIpc) is 3.51. The van der Waals surface area contributed by atoms with Crippen LogP contribution in [0.1, 0.15) is 18.4 Å². The monoisotopic (exact) mass is 347 g/mol. The van der Waals surface area contributed by atoms with Gasteiger partial charge in [-0.2, -0.15) is 4.98 Å². The summed E-state index contributed by atoms with van der Waals surface area (Å²) in [7, 11) is 1.68. The zero-order chi connectivity index (χ0) is 17.8. The first-order valence-electron chi connectivity index (χ1n) is 8.74. The van der Waals surface area contributed by atoms with E-state index in [1.165, 1.54) is 12.8 Å². The van der Waals surface area contributed by atoms with E-state index in [9.17, 15) is 0 Å². The number of hydrogen-bond donors (Lipinski definition) is 2. The van der Waals surface area contributed by atoms with Crippen molar-refractivity contribution in [3.63, 3.8) is 0 Å². The third kappa shape index (κ3) is 3.91.